The van der Waals surface area contributed by atoms with Gasteiger partial charge in [-0.05, 0) is 23.1 Å². The van der Waals surface area contributed by atoms with Gasteiger partial charge in [0.1, 0.15) is 0 Å². The highest BCUT2D eigenvalue weighted by Crippen LogP contribution is 2.22. The van der Waals surface area contributed by atoms with Crippen LogP contribution in [-0.2, 0) is 6.42 Å². The molecule has 0 atom stereocenters. The van der Waals surface area contributed by atoms with Crippen molar-refractivity contribution in [1.29, 1.82) is 0 Å². The van der Waals surface area contributed by atoms with Crippen LogP contribution in [0.15, 0.2) is 66.9 Å². The second-order valence-corrected chi connectivity index (χ2v) is 5.58. The van der Waals surface area contributed by atoms with Crippen molar-refractivity contribution in [3.63, 3.8) is 0 Å². The maximum absolute atomic E-state index is 12.1. The quantitative estimate of drug-likeness (QED) is 0.844. The summed E-state index contributed by atoms with van der Waals surface area (Å²) in [6.07, 6.45) is 2.83. The molecule has 1 heterocycles. The van der Waals surface area contributed by atoms with Crippen LogP contribution in [0.5, 0.6) is 0 Å². The number of carbonyl (C=O) groups is 1. The molecular formula is C19H20N2O. The van der Waals surface area contributed by atoms with Crippen molar-refractivity contribution in [3.8, 4) is 0 Å². The third kappa shape index (κ3) is 3.19. The molecule has 112 valence electrons. The number of hydrogen-bond donors (Lipinski definition) is 0. The van der Waals surface area contributed by atoms with E-state index in [-0.39, 0.29) is 6.03 Å². The third-order valence-corrected chi connectivity index (χ3v) is 3.94. The van der Waals surface area contributed by atoms with Crippen LogP contribution in [0, 0.1) is 0 Å². The van der Waals surface area contributed by atoms with Gasteiger partial charge >= 0.3 is 6.03 Å². The van der Waals surface area contributed by atoms with E-state index in [0.717, 1.165) is 30.6 Å². The summed E-state index contributed by atoms with van der Waals surface area (Å²) in [5, 5.41) is 0. The number of likely N-dealkylation sites (N-methyl/N-ethyl adjacent to an activating group) is 1. The molecule has 0 unspecified atom stereocenters. The van der Waals surface area contributed by atoms with Gasteiger partial charge in [0.25, 0.3) is 0 Å². The Hall–Kier alpha value is -2.55. The van der Waals surface area contributed by atoms with Crippen LogP contribution in [0.25, 0.3) is 5.57 Å². The molecular weight excluding hydrogens is 272 g/mol. The zero-order valence-corrected chi connectivity index (χ0v) is 12.8. The average molecular weight is 292 g/mol. The van der Waals surface area contributed by atoms with Gasteiger partial charge in [-0.3, -0.25) is 4.90 Å². The molecule has 2 aromatic carbocycles. The van der Waals surface area contributed by atoms with Crippen molar-refractivity contribution in [2.75, 3.05) is 20.1 Å². The second-order valence-electron chi connectivity index (χ2n) is 5.58. The minimum absolute atomic E-state index is 0.0708. The number of allylic oxidation sites excluding steroid dienone is 1. The first-order valence-corrected chi connectivity index (χ1v) is 7.56. The molecule has 0 aliphatic carbocycles. The Morgan fingerprint density at radius 1 is 1.00 bits per heavy atom. The van der Waals surface area contributed by atoms with Crippen LogP contribution < -0.4 is 0 Å². The van der Waals surface area contributed by atoms with E-state index in [2.05, 4.69) is 24.3 Å². The van der Waals surface area contributed by atoms with Gasteiger partial charge < -0.3 is 4.90 Å². The van der Waals surface area contributed by atoms with E-state index in [1.54, 1.807) is 4.90 Å². The molecule has 1 aliphatic rings. The second kappa shape index (κ2) is 6.48. The van der Waals surface area contributed by atoms with Crippen LogP contribution in [0.3, 0.4) is 0 Å². The molecule has 0 bridgehead atoms. The standard InChI is InChI=1S/C19H20N2O/c1-20-12-13-21(19(20)22)15-18(17-10-6-3-7-11-17)14-16-8-4-2-5-9-16/h2-11,15H,12-14H2,1H3/b18-15-. The SMILES string of the molecule is CN1CCN(/C=C(/Cc2ccccc2)c2ccccc2)C1=O. The Balaban J connectivity index is 1.91. The zero-order valence-electron chi connectivity index (χ0n) is 12.8. The minimum Gasteiger partial charge on any atom is -0.326 e. The van der Waals surface area contributed by atoms with Crippen LogP contribution >= 0.6 is 0 Å². The maximum Gasteiger partial charge on any atom is 0.323 e. The average Bonchev–Trinajstić information content (AvgIpc) is 2.88. The van der Waals surface area contributed by atoms with Gasteiger partial charge in [-0.25, -0.2) is 4.79 Å². The van der Waals surface area contributed by atoms with Crippen molar-refractivity contribution >= 4 is 11.6 Å². The number of carbonyl (C=O) groups excluding carboxylic acids is 1. The number of rotatable bonds is 4. The molecule has 0 aromatic heterocycles. The Labute approximate surface area is 131 Å². The summed E-state index contributed by atoms with van der Waals surface area (Å²) in [5.74, 6) is 0. The van der Waals surface area contributed by atoms with Crippen LogP contribution in [0.4, 0.5) is 4.79 Å². The largest absolute Gasteiger partial charge is 0.326 e. The third-order valence-electron chi connectivity index (χ3n) is 3.94. The van der Waals surface area contributed by atoms with Crippen molar-refractivity contribution in [3.05, 3.63) is 78.0 Å². The molecule has 1 fully saturated rings. The summed E-state index contributed by atoms with van der Waals surface area (Å²) in [4.78, 5) is 15.7. The molecule has 0 radical (unpaired) electrons. The Morgan fingerprint density at radius 3 is 2.23 bits per heavy atom. The Morgan fingerprint density at radius 2 is 1.64 bits per heavy atom. The van der Waals surface area contributed by atoms with Gasteiger partial charge in [-0.2, -0.15) is 0 Å². The summed E-state index contributed by atoms with van der Waals surface area (Å²) in [7, 11) is 1.84. The van der Waals surface area contributed by atoms with Gasteiger partial charge in [0, 0.05) is 26.3 Å². The number of amides is 2. The molecule has 2 amide bonds. The molecule has 1 saturated heterocycles. The van der Waals surface area contributed by atoms with Crippen molar-refractivity contribution in [2.24, 2.45) is 0 Å². The summed E-state index contributed by atoms with van der Waals surface area (Å²) in [5.41, 5.74) is 3.57. The fourth-order valence-electron chi connectivity index (χ4n) is 2.67. The van der Waals surface area contributed by atoms with Gasteiger partial charge in [-0.15, -0.1) is 0 Å². The molecule has 3 nitrogen and oxygen atoms in total. The van der Waals surface area contributed by atoms with E-state index >= 15 is 0 Å². The fraction of sp³-hybridized carbons (Fsp3) is 0.211. The lowest BCUT2D eigenvalue weighted by Crippen LogP contribution is -2.25. The summed E-state index contributed by atoms with van der Waals surface area (Å²) in [6, 6.07) is 20.7. The fourth-order valence-corrected chi connectivity index (χ4v) is 2.67. The van der Waals surface area contributed by atoms with E-state index in [4.69, 9.17) is 0 Å². The molecule has 22 heavy (non-hydrogen) atoms. The van der Waals surface area contributed by atoms with Gasteiger partial charge in [0.15, 0.2) is 0 Å². The van der Waals surface area contributed by atoms with Crippen LogP contribution in [-0.4, -0.2) is 36.0 Å². The lowest BCUT2D eigenvalue weighted by Gasteiger charge is -2.15. The number of benzene rings is 2. The lowest BCUT2D eigenvalue weighted by molar-refractivity contribution is 0.210. The van der Waals surface area contributed by atoms with Crippen LogP contribution in [0.1, 0.15) is 11.1 Å². The van der Waals surface area contributed by atoms with Gasteiger partial charge in [0.2, 0.25) is 0 Å². The first-order valence-electron chi connectivity index (χ1n) is 7.56. The number of urea groups is 1. The molecule has 0 saturated carbocycles. The molecule has 1 aliphatic heterocycles. The normalized spacial score (nSPS) is 15.5. The van der Waals surface area contributed by atoms with Crippen molar-refractivity contribution < 1.29 is 4.79 Å². The molecule has 2 aromatic rings. The van der Waals surface area contributed by atoms with Crippen molar-refractivity contribution in [2.45, 2.75) is 6.42 Å². The van der Waals surface area contributed by atoms with E-state index in [1.807, 2.05) is 54.5 Å². The molecule has 0 spiro atoms. The smallest absolute Gasteiger partial charge is 0.323 e. The predicted octanol–water partition coefficient (Wildman–Crippen LogP) is 3.64. The number of nitrogens with zero attached hydrogens (tertiary/aromatic N) is 2. The summed E-state index contributed by atoms with van der Waals surface area (Å²) >= 11 is 0. The van der Waals surface area contributed by atoms with Crippen molar-refractivity contribution in [1.82, 2.24) is 9.80 Å². The van der Waals surface area contributed by atoms with E-state index in [0.29, 0.717) is 0 Å². The molecule has 3 rings (SSSR count). The van der Waals surface area contributed by atoms with E-state index in [9.17, 15) is 4.79 Å². The van der Waals surface area contributed by atoms with Gasteiger partial charge in [-0.1, -0.05) is 60.7 Å². The highest BCUT2D eigenvalue weighted by Gasteiger charge is 2.24. The first kappa shape index (κ1) is 14.4. The Kier molecular flexibility index (Phi) is 4.24. The lowest BCUT2D eigenvalue weighted by atomic mass is 9.99. The monoisotopic (exact) mass is 292 g/mol. The van der Waals surface area contributed by atoms with Crippen LogP contribution in [0.2, 0.25) is 0 Å². The van der Waals surface area contributed by atoms with Gasteiger partial charge in [0.05, 0.1) is 0 Å². The number of hydrogen-bond acceptors (Lipinski definition) is 1. The van der Waals surface area contributed by atoms with E-state index in [1.165, 1.54) is 5.56 Å². The van der Waals surface area contributed by atoms with E-state index < -0.39 is 0 Å². The highest BCUT2D eigenvalue weighted by molar-refractivity contribution is 5.80. The minimum atomic E-state index is 0.0708. The Bertz CT molecular complexity index is 664. The molecule has 3 heteroatoms. The summed E-state index contributed by atoms with van der Waals surface area (Å²) < 4.78 is 0. The zero-order chi connectivity index (χ0) is 15.4. The predicted molar refractivity (Wildman–Crippen MR) is 89.3 cm³/mol. The first-order chi connectivity index (χ1) is 10.7. The maximum atomic E-state index is 12.1. The molecule has 0 N–H and O–H groups in total. The highest BCUT2D eigenvalue weighted by atomic mass is 16.2. The topological polar surface area (TPSA) is 23.6 Å². The summed E-state index contributed by atoms with van der Waals surface area (Å²) in [6.45, 7) is 1.53.